The quantitative estimate of drug-likeness (QED) is 0.804. The highest BCUT2D eigenvalue weighted by atomic mass is 19.1. The molecule has 1 heterocycles. The number of halogens is 1. The monoisotopic (exact) mass is 227 g/mol. The van der Waals surface area contributed by atoms with Gasteiger partial charge in [0.1, 0.15) is 0 Å². The van der Waals surface area contributed by atoms with Crippen LogP contribution in [0.2, 0.25) is 0 Å². The first-order valence-electron chi connectivity index (χ1n) is 4.97. The topological polar surface area (TPSA) is 64.7 Å². The Morgan fingerprint density at radius 1 is 1.50 bits per heavy atom. The van der Waals surface area contributed by atoms with E-state index in [0.29, 0.717) is 17.7 Å². The molecule has 1 aromatic rings. The maximum absolute atomic E-state index is 13.6. The molecule has 0 amide bonds. The van der Waals surface area contributed by atoms with Crippen molar-refractivity contribution in [3.05, 3.63) is 17.4 Å². The maximum atomic E-state index is 13.6. The molecule has 1 aliphatic rings. The van der Waals surface area contributed by atoms with Gasteiger partial charge in [-0.1, -0.05) is 0 Å². The van der Waals surface area contributed by atoms with Crippen molar-refractivity contribution < 1.29 is 19.0 Å². The van der Waals surface area contributed by atoms with Gasteiger partial charge in [-0.2, -0.15) is 4.39 Å². The lowest BCUT2D eigenvalue weighted by molar-refractivity contribution is 0.170. The molecule has 3 N–H and O–H groups in total. The lowest BCUT2D eigenvalue weighted by atomic mass is 9.95. The van der Waals surface area contributed by atoms with Gasteiger partial charge in [-0.15, -0.1) is 0 Å². The Kier molecular flexibility index (Phi) is 2.42. The molecule has 1 aliphatic heterocycles. The third kappa shape index (κ3) is 1.90. The molecule has 4 nitrogen and oxygen atoms in total. The van der Waals surface area contributed by atoms with Gasteiger partial charge >= 0.3 is 0 Å². The van der Waals surface area contributed by atoms with Crippen molar-refractivity contribution in [2.45, 2.75) is 25.8 Å². The molecule has 5 heteroatoms. The Hall–Kier alpha value is -1.49. The smallest absolute Gasteiger partial charge is 0.231 e. The first-order chi connectivity index (χ1) is 7.38. The number of phenolic OH excluding ortho intramolecular Hbond substituents is 1. The number of hydrogen-bond donors (Lipinski definition) is 2. The minimum atomic E-state index is -0.783. The second-order valence-corrected chi connectivity index (χ2v) is 4.60. The van der Waals surface area contributed by atoms with E-state index >= 15 is 0 Å². The SMILES string of the molecule is CC(C)(N)Cc1cc2c(c(F)c1O)OCO2. The molecule has 0 fully saturated rings. The summed E-state index contributed by atoms with van der Waals surface area (Å²) in [5.41, 5.74) is 5.72. The summed E-state index contributed by atoms with van der Waals surface area (Å²) in [5.74, 6) is -0.914. The van der Waals surface area contributed by atoms with Crippen LogP contribution >= 0.6 is 0 Å². The minimum Gasteiger partial charge on any atom is -0.505 e. The van der Waals surface area contributed by atoms with E-state index in [1.165, 1.54) is 0 Å². The summed E-state index contributed by atoms with van der Waals surface area (Å²) >= 11 is 0. The van der Waals surface area contributed by atoms with Crippen molar-refractivity contribution in [1.29, 1.82) is 0 Å². The Labute approximate surface area is 92.8 Å². The van der Waals surface area contributed by atoms with Gasteiger partial charge in [0.2, 0.25) is 18.4 Å². The van der Waals surface area contributed by atoms with Gasteiger partial charge in [0, 0.05) is 11.1 Å². The fourth-order valence-electron chi connectivity index (χ4n) is 1.67. The number of benzene rings is 1. The van der Waals surface area contributed by atoms with Crippen LogP contribution in [0.3, 0.4) is 0 Å². The Morgan fingerprint density at radius 3 is 2.81 bits per heavy atom. The molecule has 16 heavy (non-hydrogen) atoms. The first-order valence-corrected chi connectivity index (χ1v) is 4.97. The summed E-state index contributed by atoms with van der Waals surface area (Å²) < 4.78 is 23.6. The van der Waals surface area contributed by atoms with Crippen molar-refractivity contribution in [1.82, 2.24) is 0 Å². The summed E-state index contributed by atoms with van der Waals surface area (Å²) in [6.07, 6.45) is 0.354. The fraction of sp³-hybridized carbons (Fsp3) is 0.455. The standard InChI is InChI=1S/C11H14FNO3/c1-11(2,13)4-6-3-7-10(16-5-15-7)8(12)9(6)14/h3,14H,4-5,13H2,1-2H3. The van der Waals surface area contributed by atoms with Gasteiger partial charge in [0.25, 0.3) is 0 Å². The highest BCUT2D eigenvalue weighted by Crippen LogP contribution is 2.42. The molecule has 1 aromatic carbocycles. The molecule has 0 unspecified atom stereocenters. The molecular weight excluding hydrogens is 213 g/mol. The second kappa shape index (κ2) is 3.52. The molecule has 0 aromatic heterocycles. The number of rotatable bonds is 2. The highest BCUT2D eigenvalue weighted by molar-refractivity contribution is 5.53. The van der Waals surface area contributed by atoms with Gasteiger partial charge < -0.3 is 20.3 Å². The van der Waals surface area contributed by atoms with Crippen LogP contribution in [0.25, 0.3) is 0 Å². The summed E-state index contributed by atoms with van der Waals surface area (Å²) in [4.78, 5) is 0. The van der Waals surface area contributed by atoms with Gasteiger partial charge in [-0.3, -0.25) is 0 Å². The summed E-state index contributed by atoms with van der Waals surface area (Å²) in [6, 6.07) is 1.56. The van der Waals surface area contributed by atoms with Crippen LogP contribution in [0, 0.1) is 5.82 Å². The maximum Gasteiger partial charge on any atom is 0.231 e. The van der Waals surface area contributed by atoms with Gasteiger partial charge in [0.15, 0.2) is 11.5 Å². The highest BCUT2D eigenvalue weighted by Gasteiger charge is 2.26. The van der Waals surface area contributed by atoms with Crippen LogP contribution < -0.4 is 15.2 Å². The van der Waals surface area contributed by atoms with Crippen molar-refractivity contribution in [2.24, 2.45) is 5.73 Å². The molecule has 0 radical (unpaired) electrons. The van der Waals surface area contributed by atoms with Crippen molar-refractivity contribution in [3.8, 4) is 17.2 Å². The van der Waals surface area contributed by atoms with E-state index in [0.717, 1.165) is 0 Å². The number of phenols is 1. The number of ether oxygens (including phenoxy) is 2. The Morgan fingerprint density at radius 2 is 2.19 bits per heavy atom. The summed E-state index contributed by atoms with van der Waals surface area (Å²) in [5, 5.41) is 9.66. The van der Waals surface area contributed by atoms with E-state index in [4.69, 9.17) is 15.2 Å². The van der Waals surface area contributed by atoms with E-state index in [-0.39, 0.29) is 12.5 Å². The largest absolute Gasteiger partial charge is 0.505 e. The van der Waals surface area contributed by atoms with Crippen LogP contribution in [-0.4, -0.2) is 17.4 Å². The van der Waals surface area contributed by atoms with Gasteiger partial charge in [0.05, 0.1) is 0 Å². The number of nitrogens with two attached hydrogens (primary N) is 1. The van der Waals surface area contributed by atoms with E-state index in [1.807, 2.05) is 0 Å². The fourth-order valence-corrected chi connectivity index (χ4v) is 1.67. The third-order valence-electron chi connectivity index (χ3n) is 2.30. The number of hydrogen-bond acceptors (Lipinski definition) is 4. The van der Waals surface area contributed by atoms with Gasteiger partial charge in [-0.25, -0.2) is 0 Å². The molecule has 0 saturated heterocycles. The first kappa shape index (κ1) is 11.0. The van der Waals surface area contributed by atoms with Gasteiger partial charge in [-0.05, 0) is 26.3 Å². The third-order valence-corrected chi connectivity index (χ3v) is 2.30. The molecule has 0 spiro atoms. The molecule has 0 aliphatic carbocycles. The van der Waals surface area contributed by atoms with E-state index < -0.39 is 17.1 Å². The molecule has 0 saturated carbocycles. The average Bonchev–Trinajstić information content (AvgIpc) is 2.59. The number of aromatic hydroxyl groups is 1. The van der Waals surface area contributed by atoms with E-state index in [2.05, 4.69) is 0 Å². The molecule has 2 rings (SSSR count). The van der Waals surface area contributed by atoms with Crippen LogP contribution in [0.5, 0.6) is 17.2 Å². The predicted octanol–water partition coefficient (Wildman–Crippen LogP) is 1.54. The van der Waals surface area contributed by atoms with E-state index in [1.54, 1.807) is 19.9 Å². The van der Waals surface area contributed by atoms with Crippen LogP contribution in [0.15, 0.2) is 6.07 Å². The van der Waals surface area contributed by atoms with Crippen LogP contribution in [0.1, 0.15) is 19.4 Å². The lowest BCUT2D eigenvalue weighted by Gasteiger charge is -2.19. The Balaban J connectivity index is 2.44. The summed E-state index contributed by atoms with van der Waals surface area (Å²) in [6.45, 7) is 3.57. The molecule has 0 bridgehead atoms. The number of fused-ring (bicyclic) bond motifs is 1. The zero-order valence-corrected chi connectivity index (χ0v) is 9.21. The minimum absolute atomic E-state index is 0.0266. The van der Waals surface area contributed by atoms with Crippen molar-refractivity contribution in [2.75, 3.05) is 6.79 Å². The second-order valence-electron chi connectivity index (χ2n) is 4.60. The Bertz CT molecular complexity index is 426. The predicted molar refractivity (Wildman–Crippen MR) is 56.2 cm³/mol. The zero-order chi connectivity index (χ0) is 11.9. The molecular formula is C11H14FNO3. The average molecular weight is 227 g/mol. The van der Waals surface area contributed by atoms with Crippen LogP contribution in [0.4, 0.5) is 4.39 Å². The van der Waals surface area contributed by atoms with E-state index in [9.17, 15) is 9.50 Å². The normalized spacial score (nSPS) is 14.2. The van der Waals surface area contributed by atoms with Crippen LogP contribution in [-0.2, 0) is 6.42 Å². The lowest BCUT2D eigenvalue weighted by Crippen LogP contribution is -2.34. The molecule has 0 atom stereocenters. The van der Waals surface area contributed by atoms with Crippen molar-refractivity contribution >= 4 is 0 Å². The van der Waals surface area contributed by atoms with Crippen molar-refractivity contribution in [3.63, 3.8) is 0 Å². The summed E-state index contributed by atoms with van der Waals surface area (Å²) in [7, 11) is 0. The zero-order valence-electron chi connectivity index (χ0n) is 9.21. The molecule has 88 valence electrons.